The van der Waals surface area contributed by atoms with Gasteiger partial charge in [-0.25, -0.2) is 0 Å². The monoisotopic (exact) mass is 160 g/mol. The molecule has 0 aliphatic rings. The number of carbonyl (C=O) groups is 1. The van der Waals surface area contributed by atoms with Crippen molar-refractivity contribution in [2.75, 3.05) is 0 Å². The lowest BCUT2D eigenvalue weighted by atomic mass is 10.2. The van der Waals surface area contributed by atoms with Crippen molar-refractivity contribution in [3.05, 3.63) is 24.2 Å². The van der Waals surface area contributed by atoms with Gasteiger partial charge in [-0.05, 0) is 6.07 Å². The summed E-state index contributed by atoms with van der Waals surface area (Å²) in [6, 6.07) is 1.67. The first-order valence-corrected chi connectivity index (χ1v) is 2.90. The van der Waals surface area contributed by atoms with Gasteiger partial charge >= 0.3 is 0 Å². The van der Waals surface area contributed by atoms with Crippen molar-refractivity contribution in [3.8, 4) is 0 Å². The molecule has 1 aromatic heterocycles. The molecule has 0 amide bonds. The minimum Gasteiger partial charge on any atom is -0.472 e. The van der Waals surface area contributed by atoms with Crippen molar-refractivity contribution in [3.63, 3.8) is 0 Å². The molecule has 1 rings (SSSR count). The molecule has 56 valence electrons. The SMILES string of the molecule is CCC(=O)c1ccoc1.Cl. The fourth-order valence-electron chi connectivity index (χ4n) is 0.627. The van der Waals surface area contributed by atoms with Crippen LogP contribution in [-0.2, 0) is 0 Å². The second kappa shape index (κ2) is 4.12. The van der Waals surface area contributed by atoms with Gasteiger partial charge in [-0.15, -0.1) is 12.4 Å². The third-order valence-electron chi connectivity index (χ3n) is 1.16. The summed E-state index contributed by atoms with van der Waals surface area (Å²) in [5, 5.41) is 0. The van der Waals surface area contributed by atoms with Gasteiger partial charge in [0.25, 0.3) is 0 Å². The minimum absolute atomic E-state index is 0. The van der Waals surface area contributed by atoms with Crippen molar-refractivity contribution in [1.29, 1.82) is 0 Å². The van der Waals surface area contributed by atoms with Crippen LogP contribution in [0.15, 0.2) is 23.0 Å². The molecule has 2 nitrogen and oxygen atoms in total. The number of Topliss-reactive ketones (excluding diaryl/α,β-unsaturated/α-hetero) is 1. The topological polar surface area (TPSA) is 30.2 Å². The van der Waals surface area contributed by atoms with Crippen LogP contribution in [0.3, 0.4) is 0 Å². The van der Waals surface area contributed by atoms with Crippen LogP contribution < -0.4 is 0 Å². The van der Waals surface area contributed by atoms with Gasteiger partial charge in [-0.2, -0.15) is 0 Å². The van der Waals surface area contributed by atoms with Crippen LogP contribution in [0.5, 0.6) is 0 Å². The highest BCUT2D eigenvalue weighted by Crippen LogP contribution is 2.02. The van der Waals surface area contributed by atoms with Crippen molar-refractivity contribution < 1.29 is 9.21 Å². The fraction of sp³-hybridized carbons (Fsp3) is 0.286. The number of ketones is 1. The molecule has 0 radical (unpaired) electrons. The van der Waals surface area contributed by atoms with Gasteiger partial charge in [0.05, 0.1) is 11.8 Å². The van der Waals surface area contributed by atoms with Crippen LogP contribution in [0.2, 0.25) is 0 Å². The highest BCUT2D eigenvalue weighted by Gasteiger charge is 2.01. The Hall–Kier alpha value is -0.760. The molecule has 0 fully saturated rings. The minimum atomic E-state index is 0. The number of hydrogen-bond donors (Lipinski definition) is 0. The Labute approximate surface area is 65.6 Å². The molecule has 10 heavy (non-hydrogen) atoms. The summed E-state index contributed by atoms with van der Waals surface area (Å²) in [6.07, 6.45) is 3.51. The van der Waals surface area contributed by atoms with Crippen molar-refractivity contribution in [1.82, 2.24) is 0 Å². The average molecular weight is 161 g/mol. The first kappa shape index (κ1) is 9.24. The van der Waals surface area contributed by atoms with Gasteiger partial charge in [0.1, 0.15) is 6.26 Å². The first-order chi connectivity index (χ1) is 4.34. The number of furan rings is 1. The summed E-state index contributed by atoms with van der Waals surface area (Å²) in [5.74, 6) is 0.128. The zero-order chi connectivity index (χ0) is 6.69. The molecule has 0 N–H and O–H groups in total. The van der Waals surface area contributed by atoms with Gasteiger partial charge < -0.3 is 4.42 Å². The number of rotatable bonds is 2. The Morgan fingerprint density at radius 2 is 2.40 bits per heavy atom. The molecule has 0 unspecified atom stereocenters. The van der Waals surface area contributed by atoms with Gasteiger partial charge in [0.15, 0.2) is 5.78 Å². The molecule has 0 saturated carbocycles. The van der Waals surface area contributed by atoms with E-state index in [-0.39, 0.29) is 18.2 Å². The van der Waals surface area contributed by atoms with Crippen molar-refractivity contribution >= 4 is 18.2 Å². The van der Waals surface area contributed by atoms with E-state index in [0.29, 0.717) is 12.0 Å². The van der Waals surface area contributed by atoms with E-state index in [0.717, 1.165) is 0 Å². The Kier molecular flexibility index (Phi) is 3.81. The predicted octanol–water partition coefficient (Wildman–Crippen LogP) is 2.29. The van der Waals surface area contributed by atoms with E-state index in [4.69, 9.17) is 4.42 Å². The Balaban J connectivity index is 0.000000810. The summed E-state index contributed by atoms with van der Waals surface area (Å²) in [4.78, 5) is 10.8. The summed E-state index contributed by atoms with van der Waals surface area (Å²) in [6.45, 7) is 1.83. The van der Waals surface area contributed by atoms with Gasteiger partial charge in [-0.3, -0.25) is 4.79 Å². The predicted molar refractivity (Wildman–Crippen MR) is 40.6 cm³/mol. The van der Waals surface area contributed by atoms with Gasteiger partial charge in [0.2, 0.25) is 0 Å². The number of hydrogen-bond acceptors (Lipinski definition) is 2. The highest BCUT2D eigenvalue weighted by atomic mass is 35.5. The normalized spacial score (nSPS) is 8.50. The molecular formula is C7H9ClO2. The molecule has 0 spiro atoms. The lowest BCUT2D eigenvalue weighted by Crippen LogP contribution is -1.91. The van der Waals surface area contributed by atoms with Crippen LogP contribution in [0.1, 0.15) is 23.7 Å². The van der Waals surface area contributed by atoms with Gasteiger partial charge in [0, 0.05) is 6.42 Å². The zero-order valence-electron chi connectivity index (χ0n) is 5.66. The first-order valence-electron chi connectivity index (χ1n) is 2.90. The maximum Gasteiger partial charge on any atom is 0.165 e. The lowest BCUT2D eigenvalue weighted by Gasteiger charge is -1.85. The number of halogens is 1. The molecule has 0 aliphatic carbocycles. The standard InChI is InChI=1S/C7H8O2.ClH/c1-2-7(8)6-3-4-9-5-6;/h3-5H,2H2,1H3;1H. The molecule has 0 bridgehead atoms. The average Bonchev–Trinajstić information content (AvgIpc) is 2.37. The molecular weight excluding hydrogens is 152 g/mol. The van der Waals surface area contributed by atoms with Crippen molar-refractivity contribution in [2.24, 2.45) is 0 Å². The maximum atomic E-state index is 10.8. The van der Waals surface area contributed by atoms with Crippen LogP contribution in [0.4, 0.5) is 0 Å². The molecule has 0 saturated heterocycles. The summed E-state index contributed by atoms with van der Waals surface area (Å²) in [5.41, 5.74) is 0.664. The van der Waals surface area contributed by atoms with E-state index in [1.807, 2.05) is 6.92 Å². The summed E-state index contributed by atoms with van der Waals surface area (Å²) in [7, 11) is 0. The molecule has 1 heterocycles. The molecule has 0 aromatic carbocycles. The third-order valence-corrected chi connectivity index (χ3v) is 1.16. The van der Waals surface area contributed by atoms with Crippen LogP contribution in [0.25, 0.3) is 0 Å². The molecule has 1 aromatic rings. The zero-order valence-corrected chi connectivity index (χ0v) is 6.48. The van der Waals surface area contributed by atoms with E-state index in [2.05, 4.69) is 0 Å². The largest absolute Gasteiger partial charge is 0.472 e. The smallest absolute Gasteiger partial charge is 0.165 e. The second-order valence-corrected chi connectivity index (χ2v) is 1.79. The molecule has 0 atom stereocenters. The van der Waals surface area contributed by atoms with E-state index >= 15 is 0 Å². The molecule has 0 aliphatic heterocycles. The molecule has 3 heteroatoms. The van der Waals surface area contributed by atoms with Crippen LogP contribution >= 0.6 is 12.4 Å². The number of carbonyl (C=O) groups excluding carboxylic acids is 1. The van der Waals surface area contributed by atoms with Crippen LogP contribution in [0, 0.1) is 0 Å². The van der Waals surface area contributed by atoms with Gasteiger partial charge in [-0.1, -0.05) is 6.92 Å². The van der Waals surface area contributed by atoms with E-state index in [1.165, 1.54) is 12.5 Å². The quantitative estimate of drug-likeness (QED) is 0.622. The Morgan fingerprint density at radius 3 is 2.80 bits per heavy atom. The van der Waals surface area contributed by atoms with E-state index in [1.54, 1.807) is 6.07 Å². The third kappa shape index (κ3) is 1.88. The summed E-state index contributed by atoms with van der Waals surface area (Å²) >= 11 is 0. The maximum absolute atomic E-state index is 10.8. The Morgan fingerprint density at radius 1 is 1.70 bits per heavy atom. The lowest BCUT2D eigenvalue weighted by molar-refractivity contribution is 0.0987. The van der Waals surface area contributed by atoms with E-state index in [9.17, 15) is 4.79 Å². The van der Waals surface area contributed by atoms with Crippen LogP contribution in [-0.4, -0.2) is 5.78 Å². The van der Waals surface area contributed by atoms with Crippen molar-refractivity contribution in [2.45, 2.75) is 13.3 Å². The summed E-state index contributed by atoms with van der Waals surface area (Å²) < 4.78 is 4.72. The highest BCUT2D eigenvalue weighted by molar-refractivity contribution is 5.95. The van der Waals surface area contributed by atoms with E-state index < -0.39 is 0 Å². The second-order valence-electron chi connectivity index (χ2n) is 1.79. The Bertz CT molecular complexity index is 191. The fourth-order valence-corrected chi connectivity index (χ4v) is 0.627.